The molecule has 0 spiro atoms. The number of amides is 1. The Morgan fingerprint density at radius 2 is 2.15 bits per heavy atom. The second-order valence-corrected chi connectivity index (χ2v) is 7.08. The van der Waals surface area contributed by atoms with Crippen LogP contribution < -0.4 is 0 Å². The Bertz CT molecular complexity index is 769. The molecule has 2 aliphatic rings. The van der Waals surface area contributed by atoms with Gasteiger partial charge in [-0.1, -0.05) is 18.0 Å². The van der Waals surface area contributed by atoms with Gasteiger partial charge < -0.3 is 14.2 Å². The summed E-state index contributed by atoms with van der Waals surface area (Å²) in [7, 11) is 1.59. The van der Waals surface area contributed by atoms with Gasteiger partial charge in [0.1, 0.15) is 6.61 Å². The fourth-order valence-electron chi connectivity index (χ4n) is 4.00. The number of H-pyrrole nitrogens is 1. The van der Waals surface area contributed by atoms with Gasteiger partial charge in [-0.25, -0.2) is 0 Å². The van der Waals surface area contributed by atoms with Gasteiger partial charge in [0.2, 0.25) is 0 Å². The molecule has 1 fully saturated rings. The van der Waals surface area contributed by atoms with Gasteiger partial charge >= 0.3 is 0 Å². The molecule has 2 aromatic heterocycles. The quantitative estimate of drug-likeness (QED) is 0.901. The molecule has 0 saturated carbocycles. The van der Waals surface area contributed by atoms with Crippen molar-refractivity contribution in [3.8, 4) is 0 Å². The topological polar surface area (TPSA) is 97.1 Å². The molecule has 1 aliphatic heterocycles. The minimum Gasteiger partial charge on any atom is -0.375 e. The summed E-state index contributed by atoms with van der Waals surface area (Å²) in [6, 6.07) is -0.171. The number of hydrogen-bond acceptors (Lipinski definition) is 6. The van der Waals surface area contributed by atoms with Gasteiger partial charge in [-0.2, -0.15) is 10.1 Å². The van der Waals surface area contributed by atoms with Crippen molar-refractivity contribution < 1.29 is 14.1 Å². The first kappa shape index (κ1) is 17.2. The summed E-state index contributed by atoms with van der Waals surface area (Å²) in [4.78, 5) is 19.7. The predicted octanol–water partition coefficient (Wildman–Crippen LogP) is 2.58. The second-order valence-electron chi connectivity index (χ2n) is 7.08. The van der Waals surface area contributed by atoms with E-state index in [4.69, 9.17) is 9.26 Å². The van der Waals surface area contributed by atoms with E-state index in [1.807, 2.05) is 4.90 Å². The highest BCUT2D eigenvalue weighted by Crippen LogP contribution is 2.31. The highest BCUT2D eigenvalue weighted by atomic mass is 16.5. The molecule has 1 aliphatic carbocycles. The fourth-order valence-corrected chi connectivity index (χ4v) is 4.00. The highest BCUT2D eigenvalue weighted by Gasteiger charge is 2.34. The van der Waals surface area contributed by atoms with E-state index in [0.717, 1.165) is 62.6 Å². The van der Waals surface area contributed by atoms with E-state index in [9.17, 15) is 4.79 Å². The number of carbonyl (C=O) groups excluding carboxylic acids is 1. The summed E-state index contributed by atoms with van der Waals surface area (Å²) in [5, 5.41) is 11.6. The van der Waals surface area contributed by atoms with Gasteiger partial charge in [0, 0.05) is 24.9 Å². The highest BCUT2D eigenvalue weighted by molar-refractivity contribution is 5.94. The van der Waals surface area contributed by atoms with Crippen LogP contribution in [0.15, 0.2) is 4.52 Å². The minimum absolute atomic E-state index is 0.0191. The van der Waals surface area contributed by atoms with Crippen molar-refractivity contribution in [2.75, 3.05) is 13.7 Å². The number of likely N-dealkylation sites (tertiary alicyclic amines) is 1. The van der Waals surface area contributed by atoms with Crippen LogP contribution in [-0.4, -0.2) is 44.8 Å². The Labute approximate surface area is 152 Å². The van der Waals surface area contributed by atoms with Crippen LogP contribution >= 0.6 is 0 Å². The summed E-state index contributed by atoms with van der Waals surface area (Å²) in [5.74, 6) is 0.988. The number of nitrogens with one attached hydrogen (secondary N) is 1. The fraction of sp³-hybridized carbons (Fsp3) is 0.667. The third kappa shape index (κ3) is 3.25. The number of aromatic nitrogens is 4. The number of aromatic amines is 1. The third-order valence-electron chi connectivity index (χ3n) is 5.32. The average Bonchev–Trinajstić information content (AvgIpc) is 3.22. The summed E-state index contributed by atoms with van der Waals surface area (Å²) in [5.41, 5.74) is 2.79. The molecule has 3 heterocycles. The number of ether oxygens (including phenoxy) is 1. The zero-order valence-corrected chi connectivity index (χ0v) is 15.2. The zero-order valence-electron chi connectivity index (χ0n) is 15.2. The predicted molar refractivity (Wildman–Crippen MR) is 92.5 cm³/mol. The number of nitrogens with zero attached hydrogens (tertiary/aromatic N) is 4. The third-order valence-corrected chi connectivity index (χ3v) is 5.32. The molecule has 0 unspecified atom stereocenters. The van der Waals surface area contributed by atoms with Gasteiger partial charge in [0.05, 0.1) is 6.04 Å². The van der Waals surface area contributed by atoms with E-state index in [0.29, 0.717) is 24.0 Å². The van der Waals surface area contributed by atoms with Crippen LogP contribution in [0.1, 0.15) is 78.0 Å². The van der Waals surface area contributed by atoms with Crippen LogP contribution in [-0.2, 0) is 24.2 Å². The standard InChI is InChI=1S/C18H25N5O3/c1-25-11-15-19-17(22-26-15)14-9-3-2-6-10-23(14)18(24)16-12-7-4-5-8-13(12)20-21-16/h14H,2-11H2,1H3,(H,20,21)/t14-/m0/s1. The van der Waals surface area contributed by atoms with Crippen LogP contribution in [0.2, 0.25) is 0 Å². The van der Waals surface area contributed by atoms with Gasteiger partial charge in [0.15, 0.2) is 11.5 Å². The van der Waals surface area contributed by atoms with Crippen LogP contribution in [0, 0.1) is 0 Å². The molecular formula is C18H25N5O3. The van der Waals surface area contributed by atoms with Gasteiger partial charge in [0.25, 0.3) is 11.8 Å². The Kier molecular flexibility index (Phi) is 5.01. The molecular weight excluding hydrogens is 334 g/mol. The Morgan fingerprint density at radius 3 is 3.04 bits per heavy atom. The van der Waals surface area contributed by atoms with Crippen molar-refractivity contribution in [2.45, 2.75) is 64.0 Å². The molecule has 1 N–H and O–H groups in total. The van der Waals surface area contributed by atoms with Crippen molar-refractivity contribution in [3.63, 3.8) is 0 Å². The summed E-state index contributed by atoms with van der Waals surface area (Å²) < 4.78 is 10.3. The lowest BCUT2D eigenvalue weighted by molar-refractivity contribution is 0.0663. The lowest BCUT2D eigenvalue weighted by Gasteiger charge is -2.27. The number of hydrogen-bond donors (Lipinski definition) is 1. The molecule has 1 saturated heterocycles. The van der Waals surface area contributed by atoms with Crippen molar-refractivity contribution in [1.82, 2.24) is 25.2 Å². The van der Waals surface area contributed by atoms with Gasteiger partial charge in [-0.05, 0) is 38.5 Å². The number of carbonyl (C=O) groups is 1. The lowest BCUT2D eigenvalue weighted by atomic mass is 9.95. The molecule has 0 radical (unpaired) electrons. The van der Waals surface area contributed by atoms with Crippen LogP contribution in [0.5, 0.6) is 0 Å². The molecule has 8 nitrogen and oxygen atoms in total. The van der Waals surface area contributed by atoms with E-state index >= 15 is 0 Å². The summed E-state index contributed by atoms with van der Waals surface area (Å²) in [6.45, 7) is 0.972. The second kappa shape index (κ2) is 7.57. The maximum atomic E-state index is 13.3. The zero-order chi connectivity index (χ0) is 17.9. The smallest absolute Gasteiger partial charge is 0.275 e. The molecule has 2 aromatic rings. The minimum atomic E-state index is -0.171. The van der Waals surface area contributed by atoms with Crippen molar-refractivity contribution in [3.05, 3.63) is 28.7 Å². The van der Waals surface area contributed by atoms with Gasteiger partial charge in [-0.3, -0.25) is 9.89 Å². The molecule has 26 heavy (non-hydrogen) atoms. The van der Waals surface area contributed by atoms with Crippen LogP contribution in [0.25, 0.3) is 0 Å². The number of aryl methyl sites for hydroxylation is 1. The Balaban J connectivity index is 1.62. The Morgan fingerprint density at radius 1 is 1.27 bits per heavy atom. The maximum absolute atomic E-state index is 13.3. The number of fused-ring (bicyclic) bond motifs is 1. The maximum Gasteiger partial charge on any atom is 0.275 e. The van der Waals surface area contributed by atoms with E-state index in [2.05, 4.69) is 20.3 Å². The van der Waals surface area contributed by atoms with E-state index in [1.165, 1.54) is 0 Å². The monoisotopic (exact) mass is 359 g/mol. The van der Waals surface area contributed by atoms with Crippen molar-refractivity contribution >= 4 is 5.91 Å². The van der Waals surface area contributed by atoms with E-state index in [-0.39, 0.29) is 18.6 Å². The van der Waals surface area contributed by atoms with Crippen molar-refractivity contribution in [1.29, 1.82) is 0 Å². The van der Waals surface area contributed by atoms with Crippen LogP contribution in [0.4, 0.5) is 0 Å². The molecule has 0 aromatic carbocycles. The first-order valence-electron chi connectivity index (χ1n) is 9.46. The summed E-state index contributed by atoms with van der Waals surface area (Å²) >= 11 is 0. The first-order valence-corrected chi connectivity index (χ1v) is 9.46. The van der Waals surface area contributed by atoms with Crippen LogP contribution in [0.3, 0.4) is 0 Å². The number of methoxy groups -OCH3 is 1. The Hall–Kier alpha value is -2.22. The molecule has 4 rings (SSSR count). The largest absolute Gasteiger partial charge is 0.375 e. The number of rotatable bonds is 4. The molecule has 140 valence electrons. The summed E-state index contributed by atoms with van der Waals surface area (Å²) in [6.07, 6.45) is 8.13. The molecule has 8 heteroatoms. The average molecular weight is 359 g/mol. The first-order chi connectivity index (χ1) is 12.8. The van der Waals surface area contributed by atoms with E-state index < -0.39 is 0 Å². The van der Waals surface area contributed by atoms with E-state index in [1.54, 1.807) is 7.11 Å². The molecule has 1 amide bonds. The van der Waals surface area contributed by atoms with Crippen molar-refractivity contribution in [2.24, 2.45) is 0 Å². The normalized spacial score (nSPS) is 20.7. The SMILES string of the molecule is COCc1nc([C@@H]2CCCCCN2C(=O)c2n[nH]c3c2CCCC3)no1. The molecule has 0 bridgehead atoms. The molecule has 1 atom stereocenters. The lowest BCUT2D eigenvalue weighted by Crippen LogP contribution is -2.36. The van der Waals surface area contributed by atoms with Gasteiger partial charge in [-0.15, -0.1) is 0 Å².